The van der Waals surface area contributed by atoms with E-state index in [-0.39, 0.29) is 0 Å². The molecule has 0 amide bonds. The first-order chi connectivity index (χ1) is 8.22. The molecule has 0 aliphatic heterocycles. The first kappa shape index (κ1) is 11.5. The molecule has 0 spiro atoms. The van der Waals surface area contributed by atoms with Crippen molar-refractivity contribution in [3.63, 3.8) is 0 Å². The van der Waals surface area contributed by atoms with Crippen LogP contribution in [0.15, 0.2) is 30.5 Å². The standard InChI is InChI=1S/C13H16N4/c1-9(2)10-6-4-5-7-11(10)13-15-8-12(14-3)16-17-13/h4-9H,1-3H3,(H,14,16). The first-order valence-electron chi connectivity index (χ1n) is 5.69. The molecule has 1 aromatic carbocycles. The quantitative estimate of drug-likeness (QED) is 0.877. The summed E-state index contributed by atoms with van der Waals surface area (Å²) < 4.78 is 0. The summed E-state index contributed by atoms with van der Waals surface area (Å²) in [6.45, 7) is 4.32. The third-order valence-electron chi connectivity index (χ3n) is 2.64. The summed E-state index contributed by atoms with van der Waals surface area (Å²) in [4.78, 5) is 4.33. The number of anilines is 1. The van der Waals surface area contributed by atoms with Crippen LogP contribution in [-0.4, -0.2) is 22.2 Å². The summed E-state index contributed by atoms with van der Waals surface area (Å²) in [5.41, 5.74) is 2.30. The van der Waals surface area contributed by atoms with E-state index in [1.165, 1.54) is 5.56 Å². The zero-order chi connectivity index (χ0) is 12.3. The second-order valence-corrected chi connectivity index (χ2v) is 4.16. The van der Waals surface area contributed by atoms with Gasteiger partial charge in [0.2, 0.25) is 0 Å². The number of hydrogen-bond donors (Lipinski definition) is 1. The van der Waals surface area contributed by atoms with Gasteiger partial charge in [-0.1, -0.05) is 38.1 Å². The lowest BCUT2D eigenvalue weighted by atomic mass is 9.97. The van der Waals surface area contributed by atoms with Crippen LogP contribution in [0.3, 0.4) is 0 Å². The number of nitrogens with zero attached hydrogens (tertiary/aromatic N) is 3. The van der Waals surface area contributed by atoms with E-state index < -0.39 is 0 Å². The highest BCUT2D eigenvalue weighted by Gasteiger charge is 2.10. The number of hydrogen-bond acceptors (Lipinski definition) is 4. The zero-order valence-corrected chi connectivity index (χ0v) is 10.3. The van der Waals surface area contributed by atoms with Crippen LogP contribution in [0.5, 0.6) is 0 Å². The third kappa shape index (κ3) is 2.41. The normalized spacial score (nSPS) is 10.6. The molecule has 0 fully saturated rings. The SMILES string of the molecule is CNc1cnc(-c2ccccc2C(C)C)nn1. The predicted octanol–water partition coefficient (Wildman–Crippen LogP) is 2.70. The predicted molar refractivity (Wildman–Crippen MR) is 68.9 cm³/mol. The summed E-state index contributed by atoms with van der Waals surface area (Å²) >= 11 is 0. The van der Waals surface area contributed by atoms with Gasteiger partial charge in [0.25, 0.3) is 0 Å². The molecule has 4 nitrogen and oxygen atoms in total. The summed E-state index contributed by atoms with van der Waals surface area (Å²) in [5.74, 6) is 1.79. The molecule has 1 aromatic heterocycles. The summed E-state index contributed by atoms with van der Waals surface area (Å²) in [6, 6.07) is 8.17. The lowest BCUT2D eigenvalue weighted by Gasteiger charge is -2.10. The fraction of sp³-hybridized carbons (Fsp3) is 0.308. The van der Waals surface area contributed by atoms with Crippen molar-refractivity contribution in [1.82, 2.24) is 15.2 Å². The summed E-state index contributed by atoms with van der Waals surface area (Å²) in [5, 5.41) is 11.1. The molecule has 0 aliphatic rings. The van der Waals surface area contributed by atoms with Gasteiger partial charge in [0.05, 0.1) is 6.20 Å². The smallest absolute Gasteiger partial charge is 0.182 e. The molecule has 2 aromatic rings. The molecule has 17 heavy (non-hydrogen) atoms. The van der Waals surface area contributed by atoms with Gasteiger partial charge in [0.1, 0.15) is 0 Å². The topological polar surface area (TPSA) is 50.7 Å². The zero-order valence-electron chi connectivity index (χ0n) is 10.3. The van der Waals surface area contributed by atoms with Gasteiger partial charge in [0, 0.05) is 12.6 Å². The molecule has 1 heterocycles. The minimum atomic E-state index is 0.443. The maximum absolute atomic E-state index is 4.33. The Kier molecular flexibility index (Phi) is 3.32. The van der Waals surface area contributed by atoms with Crippen LogP contribution in [-0.2, 0) is 0 Å². The van der Waals surface area contributed by atoms with E-state index in [1.54, 1.807) is 13.2 Å². The van der Waals surface area contributed by atoms with Crippen molar-refractivity contribution < 1.29 is 0 Å². The Bertz CT molecular complexity index is 491. The van der Waals surface area contributed by atoms with Crippen molar-refractivity contribution in [3.8, 4) is 11.4 Å². The van der Waals surface area contributed by atoms with Gasteiger partial charge in [-0.15, -0.1) is 10.2 Å². The molecule has 0 saturated heterocycles. The maximum atomic E-state index is 4.33. The van der Waals surface area contributed by atoms with Crippen LogP contribution < -0.4 is 5.32 Å². The van der Waals surface area contributed by atoms with Gasteiger partial charge >= 0.3 is 0 Å². The molecule has 2 rings (SSSR count). The Morgan fingerprint density at radius 1 is 1.12 bits per heavy atom. The van der Waals surface area contributed by atoms with Gasteiger partial charge in [-0.05, 0) is 11.5 Å². The minimum absolute atomic E-state index is 0.443. The Hall–Kier alpha value is -1.97. The van der Waals surface area contributed by atoms with E-state index in [0.29, 0.717) is 17.6 Å². The molecule has 0 radical (unpaired) electrons. The van der Waals surface area contributed by atoms with Crippen LogP contribution >= 0.6 is 0 Å². The highest BCUT2D eigenvalue weighted by molar-refractivity contribution is 5.60. The Morgan fingerprint density at radius 3 is 2.47 bits per heavy atom. The fourth-order valence-corrected chi connectivity index (χ4v) is 1.72. The molecule has 0 saturated carbocycles. The average molecular weight is 228 g/mol. The van der Waals surface area contributed by atoms with Gasteiger partial charge in [-0.25, -0.2) is 4.98 Å². The molecule has 1 N–H and O–H groups in total. The van der Waals surface area contributed by atoms with Crippen LogP contribution in [0.25, 0.3) is 11.4 Å². The number of rotatable bonds is 3. The largest absolute Gasteiger partial charge is 0.370 e. The van der Waals surface area contributed by atoms with Crippen LogP contribution in [0.4, 0.5) is 5.82 Å². The summed E-state index contributed by atoms with van der Waals surface area (Å²) in [6.07, 6.45) is 1.69. The highest BCUT2D eigenvalue weighted by atomic mass is 15.2. The molecule has 0 unspecified atom stereocenters. The fourth-order valence-electron chi connectivity index (χ4n) is 1.72. The second-order valence-electron chi connectivity index (χ2n) is 4.16. The van der Waals surface area contributed by atoms with Crippen molar-refractivity contribution in [2.75, 3.05) is 12.4 Å². The van der Waals surface area contributed by atoms with Crippen molar-refractivity contribution in [1.29, 1.82) is 0 Å². The van der Waals surface area contributed by atoms with E-state index in [0.717, 1.165) is 5.56 Å². The molecule has 0 atom stereocenters. The molecule has 88 valence electrons. The number of nitrogens with one attached hydrogen (secondary N) is 1. The monoisotopic (exact) mass is 228 g/mol. The van der Waals surface area contributed by atoms with E-state index in [2.05, 4.69) is 40.4 Å². The van der Waals surface area contributed by atoms with E-state index in [4.69, 9.17) is 0 Å². The molecule has 0 aliphatic carbocycles. The van der Waals surface area contributed by atoms with Crippen LogP contribution in [0, 0.1) is 0 Å². The number of aromatic nitrogens is 3. The van der Waals surface area contributed by atoms with Crippen LogP contribution in [0.2, 0.25) is 0 Å². The van der Waals surface area contributed by atoms with Crippen molar-refractivity contribution in [2.45, 2.75) is 19.8 Å². The van der Waals surface area contributed by atoms with Crippen molar-refractivity contribution in [2.24, 2.45) is 0 Å². The second kappa shape index (κ2) is 4.91. The first-order valence-corrected chi connectivity index (χ1v) is 5.69. The number of benzene rings is 1. The lowest BCUT2D eigenvalue weighted by Crippen LogP contribution is -2.00. The molecular weight excluding hydrogens is 212 g/mol. The average Bonchev–Trinajstić information content (AvgIpc) is 2.39. The van der Waals surface area contributed by atoms with Crippen molar-refractivity contribution in [3.05, 3.63) is 36.0 Å². The van der Waals surface area contributed by atoms with Gasteiger partial charge < -0.3 is 5.32 Å². The molecular formula is C13H16N4. The van der Waals surface area contributed by atoms with Crippen LogP contribution in [0.1, 0.15) is 25.3 Å². The van der Waals surface area contributed by atoms with Gasteiger partial charge in [-0.2, -0.15) is 0 Å². The van der Waals surface area contributed by atoms with E-state index in [1.807, 2.05) is 18.2 Å². The van der Waals surface area contributed by atoms with E-state index in [9.17, 15) is 0 Å². The lowest BCUT2D eigenvalue weighted by molar-refractivity contribution is 0.863. The van der Waals surface area contributed by atoms with E-state index >= 15 is 0 Å². The van der Waals surface area contributed by atoms with Gasteiger partial charge in [-0.3, -0.25) is 0 Å². The Labute approximate surface area is 101 Å². The maximum Gasteiger partial charge on any atom is 0.182 e. The van der Waals surface area contributed by atoms with Gasteiger partial charge in [0.15, 0.2) is 11.6 Å². The highest BCUT2D eigenvalue weighted by Crippen LogP contribution is 2.26. The molecule has 4 heteroatoms. The molecule has 0 bridgehead atoms. The minimum Gasteiger partial charge on any atom is -0.370 e. The Balaban J connectivity index is 2.45. The third-order valence-corrected chi connectivity index (χ3v) is 2.64. The Morgan fingerprint density at radius 2 is 1.88 bits per heavy atom. The van der Waals surface area contributed by atoms with Crippen molar-refractivity contribution >= 4 is 5.82 Å². The summed E-state index contributed by atoms with van der Waals surface area (Å²) in [7, 11) is 1.80.